The summed E-state index contributed by atoms with van der Waals surface area (Å²) in [4.78, 5) is 13.2. The third-order valence-corrected chi connectivity index (χ3v) is 6.87. The van der Waals surface area contributed by atoms with E-state index in [0.29, 0.717) is 18.1 Å². The van der Waals surface area contributed by atoms with Gasteiger partial charge in [-0.2, -0.15) is 5.10 Å². The Labute approximate surface area is 235 Å². The summed E-state index contributed by atoms with van der Waals surface area (Å²) in [5.74, 6) is 6.93. The van der Waals surface area contributed by atoms with Crippen LogP contribution in [0.4, 0.5) is 16.3 Å². The Kier molecular flexibility index (Phi) is 8.20. The predicted molar refractivity (Wildman–Crippen MR) is 160 cm³/mol. The van der Waals surface area contributed by atoms with Crippen molar-refractivity contribution >= 4 is 28.3 Å². The summed E-state index contributed by atoms with van der Waals surface area (Å²) in [5.41, 5.74) is 4.32. The number of aromatic nitrogens is 2. The number of benzene rings is 3. The third kappa shape index (κ3) is 6.53. The van der Waals surface area contributed by atoms with Crippen molar-refractivity contribution in [1.82, 2.24) is 9.78 Å². The molecule has 0 spiro atoms. The minimum Gasteiger partial charge on any atom is -0.353 e. The quantitative estimate of drug-likeness (QED) is 0.265. The Morgan fingerprint density at radius 2 is 1.82 bits per heavy atom. The Morgan fingerprint density at radius 3 is 2.55 bits per heavy atom. The van der Waals surface area contributed by atoms with Crippen LogP contribution in [-0.2, 0) is 14.9 Å². The van der Waals surface area contributed by atoms with Crippen molar-refractivity contribution in [3.8, 4) is 17.5 Å². The van der Waals surface area contributed by atoms with Crippen LogP contribution in [0.5, 0.6) is 0 Å². The molecule has 5 rings (SSSR count). The second kappa shape index (κ2) is 12.0. The third-order valence-electron chi connectivity index (χ3n) is 6.87. The van der Waals surface area contributed by atoms with Gasteiger partial charge in [0.25, 0.3) is 0 Å². The number of amides is 2. The maximum atomic E-state index is 13.2. The van der Waals surface area contributed by atoms with Gasteiger partial charge in [-0.15, -0.1) is 0 Å². The molecule has 0 unspecified atom stereocenters. The molecule has 0 saturated carbocycles. The van der Waals surface area contributed by atoms with E-state index in [9.17, 15) is 4.79 Å². The van der Waals surface area contributed by atoms with Gasteiger partial charge >= 0.3 is 6.03 Å². The van der Waals surface area contributed by atoms with Crippen molar-refractivity contribution < 1.29 is 14.3 Å². The van der Waals surface area contributed by atoms with Crippen LogP contribution in [0.1, 0.15) is 56.9 Å². The Hall–Kier alpha value is -4.12. The van der Waals surface area contributed by atoms with E-state index in [2.05, 4.69) is 43.2 Å². The van der Waals surface area contributed by atoms with Crippen molar-refractivity contribution in [3.05, 3.63) is 83.6 Å². The number of aryl methyl sites for hydroxylation is 1. The van der Waals surface area contributed by atoms with E-state index in [4.69, 9.17) is 14.6 Å². The van der Waals surface area contributed by atoms with E-state index in [1.807, 2.05) is 73.7 Å². The van der Waals surface area contributed by atoms with Gasteiger partial charge in [0.05, 0.1) is 17.1 Å². The molecule has 7 heteroatoms. The molecule has 7 nitrogen and oxygen atoms in total. The van der Waals surface area contributed by atoms with Crippen LogP contribution < -0.4 is 10.6 Å². The Balaban J connectivity index is 1.34. The molecule has 0 aliphatic carbocycles. The van der Waals surface area contributed by atoms with Crippen LogP contribution in [0.25, 0.3) is 16.5 Å². The highest BCUT2D eigenvalue weighted by molar-refractivity contribution is 6.07. The molecule has 2 N–H and O–H groups in total. The summed E-state index contributed by atoms with van der Waals surface area (Å²) >= 11 is 0. The molecule has 1 fully saturated rings. The van der Waals surface area contributed by atoms with Crippen LogP contribution in [-0.4, -0.2) is 35.3 Å². The fraction of sp³-hybridized carbons (Fsp3) is 0.333. The molecule has 2 amide bonds. The average molecular weight is 537 g/mol. The van der Waals surface area contributed by atoms with Gasteiger partial charge in [-0.3, -0.25) is 5.32 Å². The molecular weight excluding hydrogens is 500 g/mol. The summed E-state index contributed by atoms with van der Waals surface area (Å²) in [6.07, 6.45) is 2.96. The van der Waals surface area contributed by atoms with E-state index in [-0.39, 0.29) is 17.7 Å². The van der Waals surface area contributed by atoms with Gasteiger partial charge < -0.3 is 14.8 Å². The van der Waals surface area contributed by atoms with Gasteiger partial charge in [0.15, 0.2) is 6.29 Å². The summed E-state index contributed by atoms with van der Waals surface area (Å²) in [6, 6.07) is 21.4. The molecule has 40 heavy (non-hydrogen) atoms. The Morgan fingerprint density at radius 1 is 1.05 bits per heavy atom. The average Bonchev–Trinajstić information content (AvgIpc) is 3.37. The second-order valence-electron chi connectivity index (χ2n) is 11.1. The highest BCUT2D eigenvalue weighted by atomic mass is 16.7. The van der Waals surface area contributed by atoms with Gasteiger partial charge in [0.1, 0.15) is 12.4 Å². The zero-order chi connectivity index (χ0) is 28.1. The van der Waals surface area contributed by atoms with Crippen molar-refractivity contribution in [1.29, 1.82) is 0 Å². The number of urea groups is 1. The van der Waals surface area contributed by atoms with E-state index in [1.165, 1.54) is 0 Å². The maximum absolute atomic E-state index is 13.2. The van der Waals surface area contributed by atoms with Crippen LogP contribution in [0, 0.1) is 18.8 Å². The zero-order valence-electron chi connectivity index (χ0n) is 23.6. The second-order valence-corrected chi connectivity index (χ2v) is 11.1. The number of carbonyl (C=O) groups excluding carboxylic acids is 1. The van der Waals surface area contributed by atoms with Crippen LogP contribution in [0.2, 0.25) is 0 Å². The number of nitrogens with one attached hydrogen (secondary N) is 2. The largest absolute Gasteiger partial charge is 0.353 e. The molecule has 2 heterocycles. The lowest BCUT2D eigenvalue weighted by atomic mass is 9.92. The monoisotopic (exact) mass is 536 g/mol. The van der Waals surface area contributed by atoms with Gasteiger partial charge in [-0.25, -0.2) is 9.48 Å². The minimum atomic E-state index is -0.349. The molecule has 1 aliphatic heterocycles. The summed E-state index contributed by atoms with van der Waals surface area (Å²) in [6.45, 7) is 9.41. The molecule has 1 aliphatic rings. The number of nitrogens with zero attached hydrogens (tertiary/aromatic N) is 2. The number of rotatable bonds is 5. The first-order valence-electron chi connectivity index (χ1n) is 13.8. The fourth-order valence-electron chi connectivity index (χ4n) is 4.61. The first-order valence-corrected chi connectivity index (χ1v) is 13.8. The first kappa shape index (κ1) is 27.4. The fourth-order valence-corrected chi connectivity index (χ4v) is 4.61. The molecule has 1 atom stereocenters. The minimum absolute atomic E-state index is 0.160. The van der Waals surface area contributed by atoms with E-state index < -0.39 is 0 Å². The van der Waals surface area contributed by atoms with Gasteiger partial charge in [-0.1, -0.05) is 74.6 Å². The molecule has 1 saturated heterocycles. The molecule has 0 bridgehead atoms. The molecule has 3 aromatic carbocycles. The lowest BCUT2D eigenvalue weighted by Crippen LogP contribution is -2.22. The summed E-state index contributed by atoms with van der Waals surface area (Å²) < 4.78 is 13.1. The molecular formula is C33H36N4O3. The molecule has 4 aromatic rings. The van der Waals surface area contributed by atoms with Gasteiger partial charge in [0, 0.05) is 29.0 Å². The number of carbonyl (C=O) groups is 1. The predicted octanol–water partition coefficient (Wildman–Crippen LogP) is 7.17. The van der Waals surface area contributed by atoms with Crippen LogP contribution in [0.15, 0.2) is 66.7 Å². The number of hydrogen-bond acceptors (Lipinski definition) is 4. The van der Waals surface area contributed by atoms with Gasteiger partial charge in [0.2, 0.25) is 0 Å². The van der Waals surface area contributed by atoms with Crippen molar-refractivity contribution in [3.63, 3.8) is 0 Å². The van der Waals surface area contributed by atoms with Gasteiger partial charge in [-0.05, 0) is 55.8 Å². The number of hydrogen-bond donors (Lipinski definition) is 2. The smallest absolute Gasteiger partial charge is 0.324 e. The normalized spacial score (nSPS) is 15.3. The number of fused-ring (bicyclic) bond motifs is 1. The van der Waals surface area contributed by atoms with Crippen molar-refractivity contribution in [2.24, 2.45) is 0 Å². The van der Waals surface area contributed by atoms with Crippen molar-refractivity contribution in [2.75, 3.05) is 23.8 Å². The van der Waals surface area contributed by atoms with Crippen LogP contribution in [0.3, 0.4) is 0 Å². The molecule has 1 aromatic heterocycles. The molecule has 0 radical (unpaired) electrons. The summed E-state index contributed by atoms with van der Waals surface area (Å²) in [5, 5.41) is 12.7. The molecule has 206 valence electrons. The zero-order valence-corrected chi connectivity index (χ0v) is 23.6. The van der Waals surface area contributed by atoms with E-state index >= 15 is 0 Å². The maximum Gasteiger partial charge on any atom is 0.324 e. The highest BCUT2D eigenvalue weighted by Gasteiger charge is 2.22. The highest BCUT2D eigenvalue weighted by Crippen LogP contribution is 2.29. The van der Waals surface area contributed by atoms with Crippen LogP contribution >= 0.6 is 0 Å². The topological polar surface area (TPSA) is 77.4 Å². The lowest BCUT2D eigenvalue weighted by molar-refractivity contribution is -0.154. The number of ether oxygens (including phenoxy) is 2. The Bertz CT molecular complexity index is 1550. The van der Waals surface area contributed by atoms with Crippen molar-refractivity contribution in [2.45, 2.75) is 58.7 Å². The van der Waals surface area contributed by atoms with E-state index in [0.717, 1.165) is 59.2 Å². The number of anilines is 2. The SMILES string of the molecule is Cc1ccc(-n2nc(C(C)(C)C)cc2NC(=O)Nc2ccc(C#CCO[C@H]3CCCCO3)c3ccccc23)cc1. The standard InChI is InChI=1S/C33H36N4O3/c1-23-14-17-25(18-15-23)37-30(22-29(36-37)33(2,3)4)35-32(38)34-28-19-16-24(26-11-5-6-12-27(26)28)10-9-21-40-31-13-7-8-20-39-31/h5-6,11-12,14-19,22,31H,7-8,13,20-21H2,1-4H3,(H2,34,35,38)/t31-/m0/s1. The summed E-state index contributed by atoms with van der Waals surface area (Å²) in [7, 11) is 0. The van der Waals surface area contributed by atoms with E-state index in [1.54, 1.807) is 4.68 Å². The lowest BCUT2D eigenvalue weighted by Gasteiger charge is -2.21. The first-order chi connectivity index (χ1) is 19.3.